The molecule has 0 fully saturated rings. The van der Waals surface area contributed by atoms with Gasteiger partial charge in [0.1, 0.15) is 6.04 Å². The number of pyridine rings is 1. The van der Waals surface area contributed by atoms with E-state index >= 15 is 0 Å². The average Bonchev–Trinajstić information content (AvgIpc) is 2.59. The van der Waals surface area contributed by atoms with Gasteiger partial charge in [0, 0.05) is 11.1 Å². The molecule has 6 nitrogen and oxygen atoms in total. The summed E-state index contributed by atoms with van der Waals surface area (Å²) < 4.78 is 0. The molecule has 0 unspecified atom stereocenters. The lowest BCUT2D eigenvalue weighted by Gasteiger charge is -2.21. The number of benzene rings is 1. The number of hydrogen-bond donors (Lipinski definition) is 3. The van der Waals surface area contributed by atoms with Crippen molar-refractivity contribution in [3.63, 3.8) is 0 Å². The second-order valence-electron chi connectivity index (χ2n) is 6.13. The van der Waals surface area contributed by atoms with E-state index in [-0.39, 0.29) is 12.5 Å². The van der Waals surface area contributed by atoms with E-state index in [9.17, 15) is 9.59 Å². The molecule has 24 heavy (non-hydrogen) atoms. The summed E-state index contributed by atoms with van der Waals surface area (Å²) in [7, 11) is 0. The molecule has 1 heterocycles. The standard InChI is InChI=1S/C18H21N3O3/c1-11(18(23)24)19-10-16(22)21-17-12-6-2-4-8-14(12)20-15-9-5-3-7-13(15)17/h2,4,6,8,11,19H,3,5,7,9-10H2,1H3,(H,23,24)(H,20,21,22)/t11-/m0/s1. The predicted octanol–water partition coefficient (Wildman–Crippen LogP) is 2.11. The number of fused-ring (bicyclic) bond motifs is 2. The van der Waals surface area contributed by atoms with E-state index in [4.69, 9.17) is 10.1 Å². The van der Waals surface area contributed by atoms with Crippen LogP contribution in [0.25, 0.3) is 10.9 Å². The molecule has 0 saturated carbocycles. The Hall–Kier alpha value is -2.47. The summed E-state index contributed by atoms with van der Waals surface area (Å²) >= 11 is 0. The second-order valence-corrected chi connectivity index (χ2v) is 6.13. The highest BCUT2D eigenvalue weighted by Crippen LogP contribution is 2.33. The number of aryl methyl sites for hydroxylation is 1. The Morgan fingerprint density at radius 2 is 2.00 bits per heavy atom. The zero-order chi connectivity index (χ0) is 17.1. The zero-order valence-electron chi connectivity index (χ0n) is 13.6. The molecular weight excluding hydrogens is 306 g/mol. The third kappa shape index (κ3) is 3.38. The molecule has 1 aromatic carbocycles. The van der Waals surface area contributed by atoms with Gasteiger partial charge in [-0.05, 0) is 44.2 Å². The normalized spacial score (nSPS) is 14.9. The third-order valence-electron chi connectivity index (χ3n) is 4.37. The summed E-state index contributed by atoms with van der Waals surface area (Å²) in [6.07, 6.45) is 4.03. The molecule has 0 spiro atoms. The van der Waals surface area contributed by atoms with Crippen LogP contribution in [0, 0.1) is 0 Å². The van der Waals surface area contributed by atoms with Crippen LogP contribution in [0.4, 0.5) is 5.69 Å². The van der Waals surface area contributed by atoms with Gasteiger partial charge in [0.2, 0.25) is 5.91 Å². The van der Waals surface area contributed by atoms with Crippen LogP contribution < -0.4 is 10.6 Å². The highest BCUT2D eigenvalue weighted by atomic mass is 16.4. The molecule has 1 aromatic heterocycles. The quantitative estimate of drug-likeness (QED) is 0.782. The Morgan fingerprint density at radius 3 is 2.79 bits per heavy atom. The number of carbonyl (C=O) groups is 2. The Labute approximate surface area is 140 Å². The fraction of sp³-hybridized carbons (Fsp3) is 0.389. The minimum atomic E-state index is -0.977. The number of anilines is 1. The van der Waals surface area contributed by atoms with Crippen LogP contribution in [0.3, 0.4) is 0 Å². The number of hydrogen-bond acceptors (Lipinski definition) is 4. The van der Waals surface area contributed by atoms with Crippen molar-refractivity contribution in [3.8, 4) is 0 Å². The number of aliphatic carboxylic acids is 1. The SMILES string of the molecule is C[C@H](NCC(=O)Nc1c2c(nc3ccccc13)CCCC2)C(=O)O. The van der Waals surface area contributed by atoms with E-state index in [1.807, 2.05) is 24.3 Å². The van der Waals surface area contributed by atoms with Crippen molar-refractivity contribution in [2.75, 3.05) is 11.9 Å². The van der Waals surface area contributed by atoms with Gasteiger partial charge in [-0.15, -0.1) is 0 Å². The summed E-state index contributed by atoms with van der Waals surface area (Å²) in [4.78, 5) is 27.9. The number of nitrogens with one attached hydrogen (secondary N) is 2. The lowest BCUT2D eigenvalue weighted by Crippen LogP contribution is -2.39. The number of nitrogens with zero attached hydrogens (tertiary/aromatic N) is 1. The van der Waals surface area contributed by atoms with Gasteiger partial charge >= 0.3 is 5.97 Å². The Bertz CT molecular complexity index is 788. The Balaban J connectivity index is 1.87. The number of aromatic nitrogens is 1. The first-order valence-corrected chi connectivity index (χ1v) is 8.23. The minimum Gasteiger partial charge on any atom is -0.480 e. The molecule has 3 N–H and O–H groups in total. The lowest BCUT2D eigenvalue weighted by molar-refractivity contribution is -0.139. The van der Waals surface area contributed by atoms with E-state index in [0.29, 0.717) is 0 Å². The van der Waals surface area contributed by atoms with Crippen LogP contribution in [0.2, 0.25) is 0 Å². The summed E-state index contributed by atoms with van der Waals surface area (Å²) in [5.41, 5.74) is 3.87. The molecule has 3 rings (SSSR count). The molecule has 6 heteroatoms. The van der Waals surface area contributed by atoms with Crippen molar-refractivity contribution < 1.29 is 14.7 Å². The highest BCUT2D eigenvalue weighted by molar-refractivity contribution is 6.03. The summed E-state index contributed by atoms with van der Waals surface area (Å²) in [6.45, 7) is 1.47. The first-order chi connectivity index (χ1) is 11.6. The topological polar surface area (TPSA) is 91.3 Å². The maximum Gasteiger partial charge on any atom is 0.320 e. The number of carboxylic acid groups (broad SMARTS) is 1. The lowest BCUT2D eigenvalue weighted by atomic mass is 9.92. The van der Waals surface area contributed by atoms with E-state index in [1.54, 1.807) is 0 Å². The summed E-state index contributed by atoms with van der Waals surface area (Å²) in [5, 5.41) is 15.5. The number of carbonyl (C=O) groups excluding carboxylic acids is 1. The number of para-hydroxylation sites is 1. The van der Waals surface area contributed by atoms with Crippen molar-refractivity contribution in [1.82, 2.24) is 10.3 Å². The molecule has 1 aliphatic rings. The third-order valence-corrected chi connectivity index (χ3v) is 4.37. The molecule has 0 bridgehead atoms. The van der Waals surface area contributed by atoms with Gasteiger partial charge in [0.15, 0.2) is 0 Å². The predicted molar refractivity (Wildman–Crippen MR) is 92.1 cm³/mol. The summed E-state index contributed by atoms with van der Waals surface area (Å²) in [5.74, 6) is -1.22. The van der Waals surface area contributed by atoms with E-state index in [1.165, 1.54) is 6.92 Å². The molecule has 1 atom stereocenters. The van der Waals surface area contributed by atoms with Crippen LogP contribution in [-0.2, 0) is 22.4 Å². The van der Waals surface area contributed by atoms with E-state index in [0.717, 1.165) is 53.5 Å². The van der Waals surface area contributed by atoms with Gasteiger partial charge in [-0.2, -0.15) is 0 Å². The number of amides is 1. The minimum absolute atomic E-state index is 0.0428. The van der Waals surface area contributed by atoms with Crippen molar-refractivity contribution in [2.45, 2.75) is 38.6 Å². The first-order valence-electron chi connectivity index (χ1n) is 8.23. The van der Waals surface area contributed by atoms with Gasteiger partial charge in [0.05, 0.1) is 17.7 Å². The smallest absolute Gasteiger partial charge is 0.320 e. The zero-order valence-corrected chi connectivity index (χ0v) is 13.6. The molecule has 126 valence electrons. The van der Waals surface area contributed by atoms with E-state index < -0.39 is 12.0 Å². The Morgan fingerprint density at radius 1 is 1.25 bits per heavy atom. The second kappa shape index (κ2) is 6.97. The fourth-order valence-corrected chi connectivity index (χ4v) is 3.03. The van der Waals surface area contributed by atoms with Gasteiger partial charge in [-0.3, -0.25) is 19.9 Å². The van der Waals surface area contributed by atoms with Crippen molar-refractivity contribution >= 4 is 28.5 Å². The number of carboxylic acids is 1. The van der Waals surface area contributed by atoms with Gasteiger partial charge < -0.3 is 10.4 Å². The van der Waals surface area contributed by atoms with Crippen LogP contribution >= 0.6 is 0 Å². The molecule has 2 aromatic rings. The molecule has 0 radical (unpaired) electrons. The first kappa shape index (κ1) is 16.4. The molecule has 1 amide bonds. The van der Waals surface area contributed by atoms with Crippen LogP contribution in [0.1, 0.15) is 31.0 Å². The number of rotatable bonds is 5. The maximum atomic E-state index is 12.3. The maximum absolute atomic E-state index is 12.3. The van der Waals surface area contributed by atoms with Crippen molar-refractivity contribution in [2.24, 2.45) is 0 Å². The van der Waals surface area contributed by atoms with Crippen molar-refractivity contribution in [1.29, 1.82) is 0 Å². The largest absolute Gasteiger partial charge is 0.480 e. The van der Waals surface area contributed by atoms with Crippen molar-refractivity contribution in [3.05, 3.63) is 35.5 Å². The van der Waals surface area contributed by atoms with Gasteiger partial charge in [0.25, 0.3) is 0 Å². The monoisotopic (exact) mass is 327 g/mol. The van der Waals surface area contributed by atoms with Crippen LogP contribution in [0.5, 0.6) is 0 Å². The van der Waals surface area contributed by atoms with Gasteiger partial charge in [-0.25, -0.2) is 0 Å². The van der Waals surface area contributed by atoms with E-state index in [2.05, 4.69) is 10.6 Å². The molecule has 1 aliphatic carbocycles. The molecule has 0 saturated heterocycles. The summed E-state index contributed by atoms with van der Waals surface area (Å²) in [6, 6.07) is 7.01. The molecular formula is C18H21N3O3. The Kier molecular flexibility index (Phi) is 4.76. The highest BCUT2D eigenvalue weighted by Gasteiger charge is 2.20. The van der Waals surface area contributed by atoms with Crippen LogP contribution in [-0.4, -0.2) is 34.6 Å². The van der Waals surface area contributed by atoms with Crippen LogP contribution in [0.15, 0.2) is 24.3 Å². The fourth-order valence-electron chi connectivity index (χ4n) is 3.03. The molecule has 0 aliphatic heterocycles. The average molecular weight is 327 g/mol. The van der Waals surface area contributed by atoms with Gasteiger partial charge in [-0.1, -0.05) is 18.2 Å².